The van der Waals surface area contributed by atoms with Crippen LogP contribution < -0.4 is 10.2 Å². The number of aromatic nitrogens is 3. The maximum Gasteiger partial charge on any atom is 0.157 e. The van der Waals surface area contributed by atoms with Crippen molar-refractivity contribution in [1.29, 1.82) is 0 Å². The second-order valence-corrected chi connectivity index (χ2v) is 6.24. The molecule has 3 aromatic heterocycles. The molecule has 1 fully saturated rings. The highest BCUT2D eigenvalue weighted by molar-refractivity contribution is 7.09. The lowest BCUT2D eigenvalue weighted by Crippen LogP contribution is -2.43. The van der Waals surface area contributed by atoms with Gasteiger partial charge in [0.15, 0.2) is 11.5 Å². The fourth-order valence-corrected chi connectivity index (χ4v) is 3.38. The Morgan fingerprint density at radius 1 is 1.24 bits per heavy atom. The third-order valence-electron chi connectivity index (χ3n) is 3.76. The SMILES string of the molecule is c1csc(Cc2nc3cc(N4CCNCC4)ccn3n2)c1. The van der Waals surface area contributed by atoms with E-state index in [9.17, 15) is 0 Å². The van der Waals surface area contributed by atoms with Crippen LogP contribution in [0.5, 0.6) is 0 Å². The Balaban J connectivity index is 1.61. The molecule has 0 spiro atoms. The van der Waals surface area contributed by atoms with Gasteiger partial charge in [-0.2, -0.15) is 5.10 Å². The fourth-order valence-electron chi connectivity index (χ4n) is 2.68. The molecule has 0 saturated carbocycles. The molecule has 6 heteroatoms. The summed E-state index contributed by atoms with van der Waals surface area (Å²) in [5.74, 6) is 0.884. The molecule has 5 nitrogen and oxygen atoms in total. The summed E-state index contributed by atoms with van der Waals surface area (Å²) < 4.78 is 1.87. The number of pyridine rings is 1. The molecule has 0 atom stereocenters. The number of nitrogens with zero attached hydrogens (tertiary/aromatic N) is 4. The van der Waals surface area contributed by atoms with Crippen molar-refractivity contribution in [2.24, 2.45) is 0 Å². The van der Waals surface area contributed by atoms with Gasteiger partial charge < -0.3 is 10.2 Å². The van der Waals surface area contributed by atoms with Crippen molar-refractivity contribution in [3.63, 3.8) is 0 Å². The highest BCUT2D eigenvalue weighted by atomic mass is 32.1. The Bertz CT molecular complexity index is 728. The molecule has 3 aromatic rings. The van der Waals surface area contributed by atoms with Crippen LogP contribution in [0.15, 0.2) is 35.8 Å². The summed E-state index contributed by atoms with van der Waals surface area (Å²) >= 11 is 1.75. The third kappa shape index (κ3) is 2.64. The number of piperazine rings is 1. The van der Waals surface area contributed by atoms with Crippen molar-refractivity contribution < 1.29 is 0 Å². The molecule has 0 radical (unpaired) electrons. The van der Waals surface area contributed by atoms with E-state index in [0.29, 0.717) is 0 Å². The zero-order valence-electron chi connectivity index (χ0n) is 11.7. The van der Waals surface area contributed by atoms with E-state index in [1.165, 1.54) is 10.6 Å². The minimum atomic E-state index is 0.808. The van der Waals surface area contributed by atoms with Gasteiger partial charge in [0.05, 0.1) is 0 Å². The molecule has 108 valence electrons. The number of nitrogens with one attached hydrogen (secondary N) is 1. The zero-order chi connectivity index (χ0) is 14.1. The molecule has 21 heavy (non-hydrogen) atoms. The predicted octanol–water partition coefficient (Wildman–Crippen LogP) is 1.79. The van der Waals surface area contributed by atoms with Crippen LogP contribution in [0.4, 0.5) is 5.69 Å². The van der Waals surface area contributed by atoms with Crippen LogP contribution in [0.25, 0.3) is 5.65 Å². The number of anilines is 1. The summed E-state index contributed by atoms with van der Waals surface area (Å²) in [5.41, 5.74) is 2.16. The summed E-state index contributed by atoms with van der Waals surface area (Å²) in [6, 6.07) is 8.46. The van der Waals surface area contributed by atoms with Gasteiger partial charge in [-0.15, -0.1) is 11.3 Å². The predicted molar refractivity (Wildman–Crippen MR) is 85.2 cm³/mol. The number of hydrogen-bond acceptors (Lipinski definition) is 5. The monoisotopic (exact) mass is 299 g/mol. The molecule has 1 aliphatic heterocycles. The van der Waals surface area contributed by atoms with E-state index in [1.54, 1.807) is 11.3 Å². The van der Waals surface area contributed by atoms with Crippen LogP contribution in [0.3, 0.4) is 0 Å². The van der Waals surface area contributed by atoms with Gasteiger partial charge in [0.2, 0.25) is 0 Å². The molecule has 4 rings (SSSR count). The molecule has 1 saturated heterocycles. The summed E-state index contributed by atoms with van der Waals surface area (Å²) in [5, 5.41) is 10.0. The van der Waals surface area contributed by atoms with Gasteiger partial charge in [-0.25, -0.2) is 9.50 Å². The number of hydrogen-bond donors (Lipinski definition) is 1. The average molecular weight is 299 g/mol. The summed E-state index contributed by atoms with van der Waals surface area (Å²) in [6.45, 7) is 4.18. The maximum absolute atomic E-state index is 4.66. The van der Waals surface area contributed by atoms with E-state index >= 15 is 0 Å². The van der Waals surface area contributed by atoms with E-state index < -0.39 is 0 Å². The van der Waals surface area contributed by atoms with Crippen LogP contribution in [-0.4, -0.2) is 40.8 Å². The van der Waals surface area contributed by atoms with E-state index in [2.05, 4.69) is 49.9 Å². The van der Waals surface area contributed by atoms with Crippen LogP contribution in [0.1, 0.15) is 10.7 Å². The standard InChI is InChI=1S/C15H17N5S/c1-2-13(21-9-1)11-14-17-15-10-12(3-6-20(15)18-14)19-7-4-16-5-8-19/h1-3,6,9-10,16H,4-5,7-8,11H2. The molecule has 0 unspecified atom stereocenters. The molecule has 1 N–H and O–H groups in total. The minimum Gasteiger partial charge on any atom is -0.369 e. The Labute approximate surface area is 127 Å². The molecule has 4 heterocycles. The van der Waals surface area contributed by atoms with Crippen LogP contribution in [0.2, 0.25) is 0 Å². The average Bonchev–Trinajstić information content (AvgIpc) is 3.16. The van der Waals surface area contributed by atoms with Crippen molar-refractivity contribution >= 4 is 22.7 Å². The molecule has 1 aliphatic rings. The van der Waals surface area contributed by atoms with E-state index in [-0.39, 0.29) is 0 Å². The molecule has 0 amide bonds. The largest absolute Gasteiger partial charge is 0.369 e. The first-order valence-electron chi connectivity index (χ1n) is 7.22. The lowest BCUT2D eigenvalue weighted by Gasteiger charge is -2.29. The van der Waals surface area contributed by atoms with Gasteiger partial charge in [-0.1, -0.05) is 6.07 Å². The van der Waals surface area contributed by atoms with Crippen LogP contribution in [0, 0.1) is 0 Å². The van der Waals surface area contributed by atoms with Gasteiger partial charge in [0.1, 0.15) is 0 Å². The Hall–Kier alpha value is -1.92. The van der Waals surface area contributed by atoms with Crippen molar-refractivity contribution in [2.45, 2.75) is 6.42 Å². The van der Waals surface area contributed by atoms with Gasteiger partial charge in [0, 0.05) is 55.4 Å². The van der Waals surface area contributed by atoms with Gasteiger partial charge in [0.25, 0.3) is 0 Å². The lowest BCUT2D eigenvalue weighted by molar-refractivity contribution is 0.589. The molecule has 0 aliphatic carbocycles. The summed E-state index contributed by atoms with van der Waals surface area (Å²) in [6.07, 6.45) is 2.82. The first kappa shape index (κ1) is 12.8. The summed E-state index contributed by atoms with van der Waals surface area (Å²) in [7, 11) is 0. The molecular formula is C15H17N5S. The quantitative estimate of drug-likeness (QED) is 0.801. The number of thiophene rings is 1. The van der Waals surface area contributed by atoms with Gasteiger partial charge in [-0.05, 0) is 17.5 Å². The molecular weight excluding hydrogens is 282 g/mol. The second-order valence-electron chi connectivity index (χ2n) is 5.21. The second kappa shape index (κ2) is 5.46. The van der Waals surface area contributed by atoms with Crippen molar-refractivity contribution in [3.8, 4) is 0 Å². The van der Waals surface area contributed by atoms with Gasteiger partial charge in [-0.3, -0.25) is 0 Å². The third-order valence-corrected chi connectivity index (χ3v) is 4.64. The van der Waals surface area contributed by atoms with Crippen molar-refractivity contribution in [1.82, 2.24) is 19.9 Å². The smallest absolute Gasteiger partial charge is 0.157 e. The lowest BCUT2D eigenvalue weighted by atomic mass is 10.3. The van der Waals surface area contributed by atoms with E-state index in [4.69, 9.17) is 0 Å². The van der Waals surface area contributed by atoms with Crippen molar-refractivity contribution in [2.75, 3.05) is 31.1 Å². The zero-order valence-corrected chi connectivity index (χ0v) is 12.5. The normalized spacial score (nSPS) is 15.7. The fraction of sp³-hybridized carbons (Fsp3) is 0.333. The summed E-state index contributed by atoms with van der Waals surface area (Å²) in [4.78, 5) is 8.35. The van der Waals surface area contributed by atoms with E-state index in [1.807, 2.05) is 10.7 Å². The molecule has 0 bridgehead atoms. The minimum absolute atomic E-state index is 0.808. The number of fused-ring (bicyclic) bond motifs is 1. The van der Waals surface area contributed by atoms with Crippen LogP contribution >= 0.6 is 11.3 Å². The molecule has 0 aromatic carbocycles. The Morgan fingerprint density at radius 2 is 2.14 bits per heavy atom. The van der Waals surface area contributed by atoms with E-state index in [0.717, 1.165) is 44.1 Å². The maximum atomic E-state index is 4.66. The first-order valence-corrected chi connectivity index (χ1v) is 8.10. The Morgan fingerprint density at radius 3 is 2.95 bits per heavy atom. The highest BCUT2D eigenvalue weighted by Gasteiger charge is 2.12. The topological polar surface area (TPSA) is 45.5 Å². The first-order chi connectivity index (χ1) is 10.4. The van der Waals surface area contributed by atoms with Crippen molar-refractivity contribution in [3.05, 3.63) is 46.5 Å². The Kier molecular flexibility index (Phi) is 3.33. The highest BCUT2D eigenvalue weighted by Crippen LogP contribution is 2.18. The van der Waals surface area contributed by atoms with Gasteiger partial charge >= 0.3 is 0 Å². The van der Waals surface area contributed by atoms with Crippen LogP contribution in [-0.2, 0) is 6.42 Å². The number of rotatable bonds is 3.